The van der Waals surface area contributed by atoms with Crippen LogP contribution in [0, 0.1) is 0 Å². The normalized spacial score (nSPS) is 12.7. The quantitative estimate of drug-likeness (QED) is 0.824. The first-order chi connectivity index (χ1) is 11.8. The van der Waals surface area contributed by atoms with Gasteiger partial charge < -0.3 is 10.2 Å². The van der Waals surface area contributed by atoms with E-state index in [9.17, 15) is 18.0 Å². The van der Waals surface area contributed by atoms with Gasteiger partial charge in [-0.2, -0.15) is 13.2 Å². The van der Waals surface area contributed by atoms with Crippen LogP contribution in [-0.2, 0) is 23.9 Å². The fourth-order valence-corrected chi connectivity index (χ4v) is 2.53. The van der Waals surface area contributed by atoms with Gasteiger partial charge in [-0.15, -0.1) is 0 Å². The lowest BCUT2D eigenvalue weighted by Crippen LogP contribution is -3.08. The van der Waals surface area contributed by atoms with Gasteiger partial charge in [-0.25, -0.2) is 0 Å². The molecule has 0 aliphatic carbocycles. The molecule has 0 aliphatic heterocycles. The van der Waals surface area contributed by atoms with Crippen LogP contribution in [0.1, 0.15) is 23.6 Å². The average Bonchev–Trinajstić information content (AvgIpc) is 2.55. The van der Waals surface area contributed by atoms with E-state index in [1.54, 1.807) is 0 Å². The number of halogens is 3. The molecule has 3 nitrogen and oxygen atoms in total. The minimum atomic E-state index is -4.33. The molecule has 0 heterocycles. The van der Waals surface area contributed by atoms with Crippen molar-refractivity contribution >= 4 is 11.6 Å². The zero-order valence-corrected chi connectivity index (χ0v) is 14.3. The Hall–Kier alpha value is -2.34. The van der Waals surface area contributed by atoms with E-state index in [1.807, 2.05) is 31.3 Å². The summed E-state index contributed by atoms with van der Waals surface area (Å²) in [5.41, 5.74) is 2.03. The maximum Gasteiger partial charge on any atom is 0.416 e. The molecule has 0 radical (unpaired) electrons. The van der Waals surface area contributed by atoms with Crippen LogP contribution in [0.2, 0.25) is 0 Å². The molecule has 2 aromatic carbocycles. The van der Waals surface area contributed by atoms with Gasteiger partial charge in [-0.3, -0.25) is 4.79 Å². The molecular weight excluding hydrogens is 329 g/mol. The smallest absolute Gasteiger partial charge is 0.326 e. The number of alkyl halides is 3. The number of rotatable bonds is 6. The first-order valence-corrected chi connectivity index (χ1v) is 8.14. The Bertz CT molecular complexity index is 694. The van der Waals surface area contributed by atoms with E-state index in [2.05, 4.69) is 12.2 Å². The third kappa shape index (κ3) is 5.90. The van der Waals surface area contributed by atoms with E-state index in [4.69, 9.17) is 0 Å². The van der Waals surface area contributed by atoms with Gasteiger partial charge in [0.2, 0.25) is 0 Å². The second-order valence-electron chi connectivity index (χ2n) is 6.10. The fraction of sp³-hybridized carbons (Fsp3) is 0.316. The Kier molecular flexibility index (Phi) is 6.20. The standard InChI is InChI=1S/C19H21F3N2O/c1-3-14-6-10-17(11-7-14)23-18(25)13-24(2)12-15-4-8-16(9-5-15)19(20,21)22/h4-11H,3,12-13H2,1-2H3,(H,23,25)/p+1. The molecular formula is C19H22F3N2O+. The largest absolute Gasteiger partial charge is 0.416 e. The first kappa shape index (κ1) is 19.0. The van der Waals surface area contributed by atoms with E-state index in [0.29, 0.717) is 6.54 Å². The number of likely N-dealkylation sites (N-methyl/N-ethyl adjacent to an activating group) is 1. The molecule has 0 bridgehead atoms. The summed E-state index contributed by atoms with van der Waals surface area (Å²) in [6.45, 7) is 2.77. The number of anilines is 1. The van der Waals surface area contributed by atoms with Crippen LogP contribution in [0.3, 0.4) is 0 Å². The molecule has 1 unspecified atom stereocenters. The highest BCUT2D eigenvalue weighted by Gasteiger charge is 2.30. The number of hydrogen-bond acceptors (Lipinski definition) is 1. The number of benzene rings is 2. The van der Waals surface area contributed by atoms with E-state index in [-0.39, 0.29) is 12.5 Å². The molecule has 1 amide bonds. The fourth-order valence-electron chi connectivity index (χ4n) is 2.53. The molecule has 1 atom stereocenters. The van der Waals surface area contributed by atoms with Crippen molar-refractivity contribution in [1.29, 1.82) is 0 Å². The highest BCUT2D eigenvalue weighted by Crippen LogP contribution is 2.28. The minimum absolute atomic E-state index is 0.131. The Balaban J connectivity index is 1.86. The molecule has 2 rings (SSSR count). The summed E-state index contributed by atoms with van der Waals surface area (Å²) in [6.07, 6.45) is -3.39. The number of amides is 1. The van der Waals surface area contributed by atoms with Crippen LogP contribution in [0.4, 0.5) is 18.9 Å². The second-order valence-corrected chi connectivity index (χ2v) is 6.10. The number of carbonyl (C=O) groups excluding carboxylic acids is 1. The van der Waals surface area contributed by atoms with Crippen LogP contribution in [0.25, 0.3) is 0 Å². The van der Waals surface area contributed by atoms with Crippen LogP contribution < -0.4 is 10.2 Å². The Morgan fingerprint density at radius 3 is 2.08 bits per heavy atom. The van der Waals surface area contributed by atoms with Gasteiger partial charge in [-0.05, 0) is 36.2 Å². The summed E-state index contributed by atoms with van der Waals surface area (Å²) in [6, 6.07) is 12.7. The van der Waals surface area contributed by atoms with Gasteiger partial charge in [0.1, 0.15) is 6.54 Å². The minimum Gasteiger partial charge on any atom is -0.326 e. The molecule has 0 fully saturated rings. The Morgan fingerprint density at radius 1 is 1.00 bits per heavy atom. The van der Waals surface area contributed by atoms with Gasteiger partial charge in [0.15, 0.2) is 6.54 Å². The molecule has 0 saturated carbocycles. The number of aryl methyl sites for hydroxylation is 1. The van der Waals surface area contributed by atoms with Gasteiger partial charge in [0.05, 0.1) is 12.6 Å². The van der Waals surface area contributed by atoms with Crippen molar-refractivity contribution in [2.75, 3.05) is 18.9 Å². The lowest BCUT2D eigenvalue weighted by atomic mass is 10.1. The predicted octanol–water partition coefficient (Wildman–Crippen LogP) is 2.92. The molecule has 6 heteroatoms. The third-order valence-electron chi connectivity index (χ3n) is 3.90. The van der Waals surface area contributed by atoms with Gasteiger partial charge in [-0.1, -0.05) is 31.2 Å². The van der Waals surface area contributed by atoms with Crippen molar-refractivity contribution in [1.82, 2.24) is 0 Å². The van der Waals surface area contributed by atoms with E-state index < -0.39 is 11.7 Å². The zero-order valence-electron chi connectivity index (χ0n) is 14.3. The van der Waals surface area contributed by atoms with Gasteiger partial charge in [0.25, 0.3) is 5.91 Å². The number of nitrogens with one attached hydrogen (secondary N) is 2. The predicted molar refractivity (Wildman–Crippen MR) is 91.4 cm³/mol. The number of quaternary nitrogens is 1. The summed E-state index contributed by atoms with van der Waals surface area (Å²) in [5.74, 6) is -0.131. The topological polar surface area (TPSA) is 33.5 Å². The van der Waals surface area contributed by atoms with Crippen molar-refractivity contribution in [3.05, 3.63) is 65.2 Å². The molecule has 0 aromatic heterocycles. The van der Waals surface area contributed by atoms with Gasteiger partial charge >= 0.3 is 6.18 Å². The first-order valence-electron chi connectivity index (χ1n) is 8.14. The molecule has 0 spiro atoms. The van der Waals surface area contributed by atoms with E-state index in [0.717, 1.165) is 34.7 Å². The van der Waals surface area contributed by atoms with Gasteiger partial charge in [0, 0.05) is 11.3 Å². The third-order valence-corrected chi connectivity index (χ3v) is 3.90. The summed E-state index contributed by atoms with van der Waals surface area (Å²) in [4.78, 5) is 13.0. The van der Waals surface area contributed by atoms with Crippen molar-refractivity contribution in [2.24, 2.45) is 0 Å². The molecule has 2 N–H and O–H groups in total. The maximum atomic E-state index is 12.6. The van der Waals surface area contributed by atoms with Crippen LogP contribution in [-0.4, -0.2) is 19.5 Å². The Morgan fingerprint density at radius 2 is 1.56 bits per heavy atom. The molecule has 2 aromatic rings. The summed E-state index contributed by atoms with van der Waals surface area (Å²) in [7, 11) is 1.83. The maximum absolute atomic E-state index is 12.6. The van der Waals surface area contributed by atoms with Crippen LogP contribution in [0.15, 0.2) is 48.5 Å². The highest BCUT2D eigenvalue weighted by atomic mass is 19.4. The zero-order chi connectivity index (χ0) is 18.4. The summed E-state index contributed by atoms with van der Waals surface area (Å²) >= 11 is 0. The lowest BCUT2D eigenvalue weighted by molar-refractivity contribution is -0.885. The molecule has 0 aliphatic rings. The van der Waals surface area contributed by atoms with Crippen LogP contribution in [0.5, 0.6) is 0 Å². The molecule has 0 saturated heterocycles. The monoisotopic (exact) mass is 351 g/mol. The summed E-state index contributed by atoms with van der Waals surface area (Å²) in [5, 5.41) is 2.83. The van der Waals surface area contributed by atoms with Crippen LogP contribution >= 0.6 is 0 Å². The van der Waals surface area contributed by atoms with Crippen molar-refractivity contribution in [3.8, 4) is 0 Å². The number of carbonyl (C=O) groups is 1. The Labute approximate surface area is 145 Å². The molecule has 134 valence electrons. The second kappa shape index (κ2) is 8.16. The summed E-state index contributed by atoms with van der Waals surface area (Å²) < 4.78 is 37.7. The highest BCUT2D eigenvalue weighted by molar-refractivity contribution is 5.91. The van der Waals surface area contributed by atoms with Crippen molar-refractivity contribution in [3.63, 3.8) is 0 Å². The molecule has 25 heavy (non-hydrogen) atoms. The SMILES string of the molecule is CCc1ccc(NC(=O)C[NH+](C)Cc2ccc(C(F)(F)F)cc2)cc1. The van der Waals surface area contributed by atoms with Crippen molar-refractivity contribution in [2.45, 2.75) is 26.1 Å². The van der Waals surface area contributed by atoms with E-state index >= 15 is 0 Å². The average molecular weight is 351 g/mol. The number of hydrogen-bond donors (Lipinski definition) is 2. The lowest BCUT2D eigenvalue weighted by Gasteiger charge is -2.14. The van der Waals surface area contributed by atoms with E-state index in [1.165, 1.54) is 17.7 Å². The van der Waals surface area contributed by atoms with Crippen molar-refractivity contribution < 1.29 is 22.9 Å².